The third-order valence-corrected chi connectivity index (χ3v) is 2.42. The van der Waals surface area contributed by atoms with Crippen molar-refractivity contribution in [3.05, 3.63) is 0 Å². The second-order valence-corrected chi connectivity index (χ2v) is 3.78. The van der Waals surface area contributed by atoms with E-state index in [4.69, 9.17) is 5.11 Å². The van der Waals surface area contributed by atoms with Gasteiger partial charge >= 0.3 is 5.97 Å². The standard InChI is InChI=1S/C11H22N2O3/c1-4-12-7-6-10(14)13(5-2)8-9(3)11(15)16/h9,12H,4-8H2,1-3H3,(H,15,16). The first kappa shape index (κ1) is 14.9. The van der Waals surface area contributed by atoms with Gasteiger partial charge in [0.1, 0.15) is 0 Å². The molecule has 0 saturated carbocycles. The molecule has 1 atom stereocenters. The minimum absolute atomic E-state index is 0.0107. The van der Waals surface area contributed by atoms with Gasteiger partial charge < -0.3 is 15.3 Å². The zero-order valence-electron chi connectivity index (χ0n) is 10.3. The van der Waals surface area contributed by atoms with Crippen LogP contribution in [0.15, 0.2) is 0 Å². The van der Waals surface area contributed by atoms with Crippen LogP contribution in [0.2, 0.25) is 0 Å². The molecule has 0 aromatic heterocycles. The molecule has 0 radical (unpaired) electrons. The van der Waals surface area contributed by atoms with Crippen LogP contribution in [-0.2, 0) is 9.59 Å². The van der Waals surface area contributed by atoms with Gasteiger partial charge in [-0.15, -0.1) is 0 Å². The summed E-state index contributed by atoms with van der Waals surface area (Å²) in [6.45, 7) is 7.79. The Morgan fingerprint density at radius 1 is 1.38 bits per heavy atom. The molecule has 16 heavy (non-hydrogen) atoms. The molecule has 1 unspecified atom stereocenters. The Labute approximate surface area is 96.8 Å². The van der Waals surface area contributed by atoms with Gasteiger partial charge in [0.25, 0.3) is 0 Å². The number of carboxylic acid groups (broad SMARTS) is 1. The van der Waals surface area contributed by atoms with Crippen LogP contribution < -0.4 is 5.32 Å². The fourth-order valence-electron chi connectivity index (χ4n) is 1.35. The summed E-state index contributed by atoms with van der Waals surface area (Å²) in [4.78, 5) is 24.0. The first-order valence-electron chi connectivity index (χ1n) is 5.74. The lowest BCUT2D eigenvalue weighted by atomic mass is 10.1. The fourth-order valence-corrected chi connectivity index (χ4v) is 1.35. The van der Waals surface area contributed by atoms with E-state index in [9.17, 15) is 9.59 Å². The third-order valence-electron chi connectivity index (χ3n) is 2.42. The van der Waals surface area contributed by atoms with E-state index in [0.717, 1.165) is 6.54 Å². The van der Waals surface area contributed by atoms with Crippen LogP contribution in [0, 0.1) is 5.92 Å². The zero-order valence-corrected chi connectivity index (χ0v) is 10.3. The number of carbonyl (C=O) groups is 2. The third kappa shape index (κ3) is 5.70. The molecule has 0 aliphatic heterocycles. The van der Waals surface area contributed by atoms with E-state index in [-0.39, 0.29) is 12.5 Å². The summed E-state index contributed by atoms with van der Waals surface area (Å²) in [6.07, 6.45) is 0.425. The summed E-state index contributed by atoms with van der Waals surface area (Å²) in [7, 11) is 0. The van der Waals surface area contributed by atoms with E-state index < -0.39 is 11.9 Å². The van der Waals surface area contributed by atoms with Crippen molar-refractivity contribution in [1.82, 2.24) is 10.2 Å². The van der Waals surface area contributed by atoms with Crippen LogP contribution >= 0.6 is 0 Å². The quantitative estimate of drug-likeness (QED) is 0.598. The number of hydrogen-bond donors (Lipinski definition) is 2. The minimum Gasteiger partial charge on any atom is -0.481 e. The van der Waals surface area contributed by atoms with Crippen molar-refractivity contribution in [3.63, 3.8) is 0 Å². The molecule has 5 heteroatoms. The van der Waals surface area contributed by atoms with Crippen LogP contribution in [0.4, 0.5) is 0 Å². The van der Waals surface area contributed by atoms with Gasteiger partial charge in [-0.3, -0.25) is 9.59 Å². The summed E-state index contributed by atoms with van der Waals surface area (Å²) >= 11 is 0. The average molecular weight is 230 g/mol. The van der Waals surface area contributed by atoms with Crippen molar-refractivity contribution in [2.24, 2.45) is 5.92 Å². The van der Waals surface area contributed by atoms with Crippen LogP contribution in [0.3, 0.4) is 0 Å². The molecular weight excluding hydrogens is 208 g/mol. The lowest BCUT2D eigenvalue weighted by Crippen LogP contribution is -2.38. The number of nitrogens with one attached hydrogen (secondary N) is 1. The Morgan fingerprint density at radius 2 is 2.00 bits per heavy atom. The Morgan fingerprint density at radius 3 is 2.44 bits per heavy atom. The van der Waals surface area contributed by atoms with E-state index in [1.54, 1.807) is 11.8 Å². The molecule has 2 N–H and O–H groups in total. The van der Waals surface area contributed by atoms with E-state index in [0.29, 0.717) is 19.5 Å². The number of carbonyl (C=O) groups excluding carboxylic acids is 1. The van der Waals surface area contributed by atoms with Crippen LogP contribution in [0.1, 0.15) is 27.2 Å². The summed E-state index contributed by atoms with van der Waals surface area (Å²) in [5.41, 5.74) is 0. The molecule has 0 spiro atoms. The highest BCUT2D eigenvalue weighted by molar-refractivity contribution is 5.77. The molecule has 1 amide bonds. The average Bonchev–Trinajstić information content (AvgIpc) is 2.25. The number of carboxylic acids is 1. The zero-order chi connectivity index (χ0) is 12.6. The predicted octanol–water partition coefficient (Wildman–Crippen LogP) is 0.555. The topological polar surface area (TPSA) is 69.6 Å². The lowest BCUT2D eigenvalue weighted by Gasteiger charge is -2.22. The number of hydrogen-bond acceptors (Lipinski definition) is 3. The van der Waals surface area contributed by atoms with Gasteiger partial charge in [-0.2, -0.15) is 0 Å². The smallest absolute Gasteiger partial charge is 0.308 e. The lowest BCUT2D eigenvalue weighted by molar-refractivity contribution is -0.143. The van der Waals surface area contributed by atoms with Gasteiger partial charge in [0.15, 0.2) is 0 Å². The van der Waals surface area contributed by atoms with Crippen molar-refractivity contribution in [2.45, 2.75) is 27.2 Å². The molecule has 0 heterocycles. The number of rotatable bonds is 8. The van der Waals surface area contributed by atoms with Gasteiger partial charge in [-0.25, -0.2) is 0 Å². The van der Waals surface area contributed by atoms with Gasteiger partial charge in [-0.1, -0.05) is 13.8 Å². The largest absolute Gasteiger partial charge is 0.481 e. The summed E-state index contributed by atoms with van der Waals surface area (Å²) in [5.74, 6) is -1.36. The van der Waals surface area contributed by atoms with Crippen LogP contribution in [0.5, 0.6) is 0 Å². The molecule has 0 rings (SSSR count). The molecule has 0 aromatic rings. The highest BCUT2D eigenvalue weighted by atomic mass is 16.4. The van der Waals surface area contributed by atoms with Crippen LogP contribution in [-0.4, -0.2) is 48.1 Å². The number of nitrogens with zero attached hydrogens (tertiary/aromatic N) is 1. The van der Waals surface area contributed by atoms with Crippen molar-refractivity contribution >= 4 is 11.9 Å². The van der Waals surface area contributed by atoms with Crippen LogP contribution in [0.25, 0.3) is 0 Å². The normalized spacial score (nSPS) is 12.2. The molecule has 0 saturated heterocycles. The molecule has 94 valence electrons. The second-order valence-electron chi connectivity index (χ2n) is 3.78. The molecule has 0 aromatic carbocycles. The maximum Gasteiger partial charge on any atom is 0.308 e. The van der Waals surface area contributed by atoms with E-state index in [1.165, 1.54) is 0 Å². The Kier molecular flexibility index (Phi) is 7.54. The first-order valence-corrected chi connectivity index (χ1v) is 5.74. The highest BCUT2D eigenvalue weighted by Crippen LogP contribution is 2.02. The van der Waals surface area contributed by atoms with Gasteiger partial charge in [0, 0.05) is 26.1 Å². The monoisotopic (exact) mass is 230 g/mol. The summed E-state index contributed by atoms with van der Waals surface area (Å²) < 4.78 is 0. The van der Waals surface area contributed by atoms with E-state index >= 15 is 0 Å². The SMILES string of the molecule is CCNCCC(=O)N(CC)CC(C)C(=O)O. The molecule has 0 fully saturated rings. The Balaban J connectivity index is 4.06. The number of amides is 1. The maximum absolute atomic E-state index is 11.7. The highest BCUT2D eigenvalue weighted by Gasteiger charge is 2.18. The van der Waals surface area contributed by atoms with Crippen molar-refractivity contribution in [1.29, 1.82) is 0 Å². The van der Waals surface area contributed by atoms with Crippen molar-refractivity contribution < 1.29 is 14.7 Å². The molecule has 0 aliphatic carbocycles. The van der Waals surface area contributed by atoms with Crippen molar-refractivity contribution in [2.75, 3.05) is 26.2 Å². The minimum atomic E-state index is -0.863. The summed E-state index contributed by atoms with van der Waals surface area (Å²) in [6, 6.07) is 0. The van der Waals surface area contributed by atoms with Gasteiger partial charge in [0.2, 0.25) is 5.91 Å². The molecule has 5 nitrogen and oxygen atoms in total. The van der Waals surface area contributed by atoms with Gasteiger partial charge in [0.05, 0.1) is 5.92 Å². The van der Waals surface area contributed by atoms with Gasteiger partial charge in [-0.05, 0) is 13.5 Å². The fraction of sp³-hybridized carbons (Fsp3) is 0.818. The Hall–Kier alpha value is -1.10. The molecule has 0 bridgehead atoms. The summed E-state index contributed by atoms with van der Waals surface area (Å²) in [5, 5.41) is 11.8. The van der Waals surface area contributed by atoms with Crippen molar-refractivity contribution in [3.8, 4) is 0 Å². The van der Waals surface area contributed by atoms with E-state index in [1.807, 2.05) is 13.8 Å². The number of aliphatic carboxylic acids is 1. The first-order chi connectivity index (χ1) is 7.52. The molecule has 0 aliphatic rings. The van der Waals surface area contributed by atoms with E-state index in [2.05, 4.69) is 5.32 Å². The molecular formula is C11H22N2O3. The Bertz CT molecular complexity index is 231. The second kappa shape index (κ2) is 8.10. The predicted molar refractivity (Wildman–Crippen MR) is 62.2 cm³/mol. The maximum atomic E-state index is 11.7.